The second kappa shape index (κ2) is 11.4. The minimum Gasteiger partial charge on any atom is -0.316 e. The normalized spacial score (nSPS) is 10.7. The van der Waals surface area contributed by atoms with Gasteiger partial charge in [-0.05, 0) is 13.0 Å². The van der Waals surface area contributed by atoms with E-state index in [-0.39, 0.29) is 7.34 Å². The SMILES string of the molecule is CC(C)C.CNC/C=C/CC(=O)C(C)C.[HH]. The number of hydrogen-bond donors (Lipinski definition) is 1. The minimum atomic E-state index is 0. The molecule has 0 aromatic rings. The molecule has 0 fully saturated rings. The molecule has 0 aromatic carbocycles. The van der Waals surface area contributed by atoms with E-state index in [0.717, 1.165) is 12.5 Å². The van der Waals surface area contributed by atoms with Crippen LogP contribution in [0.4, 0.5) is 0 Å². The highest BCUT2D eigenvalue weighted by atomic mass is 16.1. The van der Waals surface area contributed by atoms with E-state index in [1.807, 2.05) is 33.0 Å². The van der Waals surface area contributed by atoms with Crippen LogP contribution in [0.3, 0.4) is 0 Å². The van der Waals surface area contributed by atoms with E-state index in [4.69, 9.17) is 0 Å². The Morgan fingerprint density at radius 1 is 1.20 bits per heavy atom. The highest BCUT2D eigenvalue weighted by Crippen LogP contribution is 1.98. The van der Waals surface area contributed by atoms with Crippen LogP contribution < -0.4 is 5.32 Å². The average Bonchev–Trinajstić information content (AvgIpc) is 2.11. The zero-order valence-corrected chi connectivity index (χ0v) is 11.1. The van der Waals surface area contributed by atoms with Gasteiger partial charge < -0.3 is 5.32 Å². The summed E-state index contributed by atoms with van der Waals surface area (Å²) < 4.78 is 0. The first-order chi connectivity index (χ1) is 6.91. The van der Waals surface area contributed by atoms with Gasteiger partial charge >= 0.3 is 0 Å². The highest BCUT2D eigenvalue weighted by molar-refractivity contribution is 5.81. The standard InChI is InChI=1S/C9H17NO.C4H10.H2/c1-8(2)9(11)6-4-5-7-10-3;1-4(2)3;/h4-5,8,10H,6-7H2,1-3H3;4H,1-3H3;1H/b5-4+;;. The maximum absolute atomic E-state index is 11.0. The van der Waals surface area contributed by atoms with Crippen molar-refractivity contribution in [2.45, 2.75) is 41.0 Å². The molecule has 0 aliphatic heterocycles. The maximum atomic E-state index is 11.0. The summed E-state index contributed by atoms with van der Waals surface area (Å²) in [5.41, 5.74) is 0. The Morgan fingerprint density at radius 2 is 1.67 bits per heavy atom. The summed E-state index contributed by atoms with van der Waals surface area (Å²) in [6, 6.07) is 0. The lowest BCUT2D eigenvalue weighted by molar-refractivity contribution is -0.121. The molecule has 0 saturated carbocycles. The summed E-state index contributed by atoms with van der Waals surface area (Å²) in [4.78, 5) is 11.0. The summed E-state index contributed by atoms with van der Waals surface area (Å²) in [5, 5.41) is 2.97. The van der Waals surface area contributed by atoms with Gasteiger partial charge in [-0.1, -0.05) is 46.8 Å². The van der Waals surface area contributed by atoms with Crippen LogP contribution in [0, 0.1) is 11.8 Å². The molecule has 0 saturated heterocycles. The first-order valence-corrected chi connectivity index (χ1v) is 5.74. The number of nitrogens with one attached hydrogen (secondary N) is 1. The van der Waals surface area contributed by atoms with Crippen LogP contribution in [-0.2, 0) is 4.79 Å². The number of ketones is 1. The van der Waals surface area contributed by atoms with Crippen molar-refractivity contribution in [2.75, 3.05) is 13.6 Å². The second-order valence-electron chi connectivity index (χ2n) is 4.59. The lowest BCUT2D eigenvalue weighted by Gasteiger charge is -1.98. The van der Waals surface area contributed by atoms with Crippen LogP contribution in [0.25, 0.3) is 0 Å². The second-order valence-corrected chi connectivity index (χ2v) is 4.59. The fraction of sp³-hybridized carbons (Fsp3) is 0.769. The van der Waals surface area contributed by atoms with Gasteiger partial charge in [0.2, 0.25) is 0 Å². The quantitative estimate of drug-likeness (QED) is 0.713. The summed E-state index contributed by atoms with van der Waals surface area (Å²) in [6.07, 6.45) is 4.46. The molecule has 0 spiro atoms. The molecule has 0 heterocycles. The summed E-state index contributed by atoms with van der Waals surface area (Å²) >= 11 is 0. The van der Waals surface area contributed by atoms with Crippen LogP contribution in [-0.4, -0.2) is 19.4 Å². The van der Waals surface area contributed by atoms with E-state index in [1.54, 1.807) is 0 Å². The molecule has 92 valence electrons. The first-order valence-electron chi connectivity index (χ1n) is 5.74. The molecule has 2 nitrogen and oxygen atoms in total. The molecule has 1 N–H and O–H groups in total. The third kappa shape index (κ3) is 19.7. The number of carbonyl (C=O) groups excluding carboxylic acids is 1. The van der Waals surface area contributed by atoms with Gasteiger partial charge in [-0.25, -0.2) is 0 Å². The molecule has 0 atom stereocenters. The smallest absolute Gasteiger partial charge is 0.139 e. The van der Waals surface area contributed by atoms with Gasteiger partial charge in [0.05, 0.1) is 0 Å². The zero-order valence-electron chi connectivity index (χ0n) is 11.1. The van der Waals surface area contributed by atoms with Crippen molar-refractivity contribution in [1.82, 2.24) is 5.32 Å². The van der Waals surface area contributed by atoms with Crippen molar-refractivity contribution in [3.8, 4) is 0 Å². The first kappa shape index (κ1) is 16.8. The third-order valence-electron chi connectivity index (χ3n) is 1.45. The number of carbonyl (C=O) groups is 1. The summed E-state index contributed by atoms with van der Waals surface area (Å²) in [7, 11) is 1.88. The molecule has 0 aliphatic carbocycles. The predicted octanol–water partition coefficient (Wildman–Crippen LogP) is 3.29. The number of rotatable bonds is 5. The third-order valence-corrected chi connectivity index (χ3v) is 1.45. The molecular weight excluding hydrogens is 186 g/mol. The lowest BCUT2D eigenvalue weighted by atomic mass is 10.1. The largest absolute Gasteiger partial charge is 0.316 e. The predicted molar refractivity (Wildman–Crippen MR) is 70.2 cm³/mol. The Hall–Kier alpha value is -0.630. The number of allylic oxidation sites excluding steroid dienone is 1. The Kier molecular flexibility index (Phi) is 12.8. The Bertz CT molecular complexity index is 174. The van der Waals surface area contributed by atoms with E-state index >= 15 is 0 Å². The summed E-state index contributed by atoms with van der Waals surface area (Å²) in [5.74, 6) is 1.30. The van der Waals surface area contributed by atoms with Gasteiger partial charge in [-0.15, -0.1) is 0 Å². The molecule has 0 aromatic heterocycles. The van der Waals surface area contributed by atoms with Crippen LogP contribution >= 0.6 is 0 Å². The Labute approximate surface area is 96.6 Å². The van der Waals surface area contributed by atoms with Crippen molar-refractivity contribution in [3.63, 3.8) is 0 Å². The van der Waals surface area contributed by atoms with Crippen LogP contribution in [0.15, 0.2) is 12.2 Å². The van der Waals surface area contributed by atoms with E-state index in [0.29, 0.717) is 12.2 Å². The van der Waals surface area contributed by atoms with Gasteiger partial charge in [-0.3, -0.25) is 4.79 Å². The zero-order chi connectivity index (χ0) is 12.3. The van der Waals surface area contributed by atoms with Crippen LogP contribution in [0.5, 0.6) is 0 Å². The molecule has 15 heavy (non-hydrogen) atoms. The van der Waals surface area contributed by atoms with Crippen molar-refractivity contribution in [2.24, 2.45) is 11.8 Å². The van der Waals surface area contributed by atoms with Gasteiger partial charge in [0, 0.05) is 20.3 Å². The molecule has 0 amide bonds. The van der Waals surface area contributed by atoms with Gasteiger partial charge in [0.25, 0.3) is 0 Å². The maximum Gasteiger partial charge on any atom is 0.139 e. The van der Waals surface area contributed by atoms with Crippen LogP contribution in [0.2, 0.25) is 0 Å². The Balaban J connectivity index is -0.000000292. The van der Waals surface area contributed by atoms with Gasteiger partial charge in [-0.2, -0.15) is 0 Å². The number of Topliss-reactive ketones (excluding diaryl/α,β-unsaturated/α-hetero) is 1. The van der Waals surface area contributed by atoms with E-state index in [9.17, 15) is 4.79 Å². The van der Waals surface area contributed by atoms with Gasteiger partial charge in [0.15, 0.2) is 0 Å². The monoisotopic (exact) mass is 215 g/mol. The van der Waals surface area contributed by atoms with Crippen molar-refractivity contribution in [3.05, 3.63) is 12.2 Å². The Morgan fingerprint density at radius 3 is 2.00 bits per heavy atom. The van der Waals surface area contributed by atoms with E-state index in [1.165, 1.54) is 0 Å². The van der Waals surface area contributed by atoms with E-state index < -0.39 is 0 Å². The van der Waals surface area contributed by atoms with Crippen molar-refractivity contribution in [1.29, 1.82) is 0 Å². The molecular formula is C13H29NO. The fourth-order valence-electron chi connectivity index (χ4n) is 0.636. The number of likely N-dealkylation sites (N-methyl/N-ethyl adjacent to an activating group) is 1. The van der Waals surface area contributed by atoms with Gasteiger partial charge in [0.1, 0.15) is 5.78 Å². The topological polar surface area (TPSA) is 29.1 Å². The molecule has 0 radical (unpaired) electrons. The molecule has 0 unspecified atom stereocenters. The van der Waals surface area contributed by atoms with E-state index in [2.05, 4.69) is 26.1 Å². The molecule has 0 rings (SSSR count). The molecule has 2 heteroatoms. The fourth-order valence-corrected chi connectivity index (χ4v) is 0.636. The highest BCUT2D eigenvalue weighted by Gasteiger charge is 2.02. The lowest BCUT2D eigenvalue weighted by Crippen LogP contribution is -2.06. The molecule has 0 aliphatic rings. The molecule has 0 bridgehead atoms. The summed E-state index contributed by atoms with van der Waals surface area (Å²) in [6.45, 7) is 11.2. The average molecular weight is 215 g/mol. The number of hydrogen-bond acceptors (Lipinski definition) is 2. The van der Waals surface area contributed by atoms with Crippen molar-refractivity contribution < 1.29 is 6.22 Å². The van der Waals surface area contributed by atoms with Crippen LogP contribution in [0.1, 0.15) is 42.5 Å². The minimum absolute atomic E-state index is 0. The van der Waals surface area contributed by atoms with Crippen molar-refractivity contribution >= 4 is 5.78 Å².